The Kier molecular flexibility index (Phi) is 4.57. The molecule has 0 amide bonds. The zero-order valence-electron chi connectivity index (χ0n) is 14.8. The molecule has 2 aromatic rings. The van der Waals surface area contributed by atoms with Gasteiger partial charge in [-0.1, -0.05) is 20.3 Å². The van der Waals surface area contributed by atoms with Gasteiger partial charge >= 0.3 is 0 Å². The fourth-order valence-electron chi connectivity index (χ4n) is 3.75. The van der Waals surface area contributed by atoms with Crippen molar-refractivity contribution in [3.05, 3.63) is 24.2 Å². The van der Waals surface area contributed by atoms with Crippen molar-refractivity contribution in [3.8, 4) is 5.88 Å². The molecule has 4 heterocycles. The molecule has 2 atom stereocenters. The summed E-state index contributed by atoms with van der Waals surface area (Å²) in [6.45, 7) is 4.25. The van der Waals surface area contributed by atoms with Crippen molar-refractivity contribution < 1.29 is 4.74 Å². The molecule has 2 saturated heterocycles. The van der Waals surface area contributed by atoms with E-state index in [1.807, 2.05) is 6.07 Å². The second-order valence-corrected chi connectivity index (χ2v) is 7.43. The fourth-order valence-corrected chi connectivity index (χ4v) is 3.75. The molecule has 2 fully saturated rings. The smallest absolute Gasteiger partial charge is 0.232 e. The summed E-state index contributed by atoms with van der Waals surface area (Å²) in [6, 6.07) is 3.19. The minimum Gasteiger partial charge on any atom is -0.473 e. The minimum absolute atomic E-state index is 0.240. The van der Waals surface area contributed by atoms with Crippen molar-refractivity contribution in [2.24, 2.45) is 0 Å². The van der Waals surface area contributed by atoms with E-state index in [4.69, 9.17) is 4.74 Å². The van der Waals surface area contributed by atoms with Gasteiger partial charge in [0.05, 0.1) is 12.4 Å². The molecule has 0 aromatic carbocycles. The Morgan fingerprint density at radius 1 is 1.12 bits per heavy atom. The third-order valence-corrected chi connectivity index (χ3v) is 5.06. The molecule has 7 heteroatoms. The van der Waals surface area contributed by atoms with Crippen LogP contribution in [0.1, 0.15) is 57.6 Å². The first-order chi connectivity index (χ1) is 12.2. The van der Waals surface area contributed by atoms with Crippen molar-refractivity contribution in [1.29, 1.82) is 0 Å². The van der Waals surface area contributed by atoms with Crippen LogP contribution < -0.4 is 15.4 Å². The molecule has 134 valence electrons. The average Bonchev–Trinajstić information content (AvgIpc) is 3.05. The zero-order chi connectivity index (χ0) is 17.2. The molecule has 25 heavy (non-hydrogen) atoms. The number of hydrogen-bond donors (Lipinski definition) is 3. The SMILES string of the molecule is CC(C)c1cc(Nc2cnc(OC3CC4CCCC(C3)N4)cn2)n[nH]1. The van der Waals surface area contributed by atoms with Gasteiger partial charge in [-0.05, 0) is 31.6 Å². The van der Waals surface area contributed by atoms with E-state index in [0.29, 0.717) is 29.7 Å². The van der Waals surface area contributed by atoms with E-state index in [0.717, 1.165) is 24.4 Å². The second-order valence-electron chi connectivity index (χ2n) is 7.43. The van der Waals surface area contributed by atoms with E-state index in [9.17, 15) is 0 Å². The van der Waals surface area contributed by atoms with Crippen molar-refractivity contribution in [2.75, 3.05) is 5.32 Å². The monoisotopic (exact) mass is 342 g/mol. The Bertz CT molecular complexity index is 686. The average molecular weight is 342 g/mol. The van der Waals surface area contributed by atoms with Crippen molar-refractivity contribution >= 4 is 11.6 Å². The van der Waals surface area contributed by atoms with Crippen LogP contribution in [0.25, 0.3) is 0 Å². The lowest BCUT2D eigenvalue weighted by atomic mass is 9.85. The number of ether oxygens (including phenoxy) is 1. The summed E-state index contributed by atoms with van der Waals surface area (Å²) in [5.74, 6) is 2.42. The van der Waals surface area contributed by atoms with Crippen molar-refractivity contribution in [1.82, 2.24) is 25.5 Å². The molecule has 3 N–H and O–H groups in total. The third-order valence-electron chi connectivity index (χ3n) is 5.06. The molecule has 2 aliphatic rings. The topological polar surface area (TPSA) is 87.8 Å². The van der Waals surface area contributed by atoms with Gasteiger partial charge in [0.1, 0.15) is 11.9 Å². The molecule has 0 spiro atoms. The summed E-state index contributed by atoms with van der Waals surface area (Å²) in [5.41, 5.74) is 1.09. The number of anilines is 2. The number of nitrogens with one attached hydrogen (secondary N) is 3. The molecular formula is C18H26N6O. The van der Waals surface area contributed by atoms with E-state index < -0.39 is 0 Å². The summed E-state index contributed by atoms with van der Waals surface area (Å²) in [4.78, 5) is 8.80. The van der Waals surface area contributed by atoms with Gasteiger partial charge in [0.25, 0.3) is 0 Å². The van der Waals surface area contributed by atoms with Crippen LogP contribution in [-0.2, 0) is 0 Å². The van der Waals surface area contributed by atoms with Gasteiger partial charge < -0.3 is 15.4 Å². The number of H-pyrrole nitrogens is 1. The van der Waals surface area contributed by atoms with Crippen LogP contribution in [0.3, 0.4) is 0 Å². The Balaban J connectivity index is 1.35. The van der Waals surface area contributed by atoms with Gasteiger partial charge in [-0.2, -0.15) is 5.10 Å². The molecule has 2 aromatic heterocycles. The number of hydrogen-bond acceptors (Lipinski definition) is 6. The first-order valence-corrected chi connectivity index (χ1v) is 9.23. The molecule has 7 nitrogen and oxygen atoms in total. The Hall–Kier alpha value is -2.15. The van der Waals surface area contributed by atoms with Gasteiger partial charge in [-0.25, -0.2) is 9.97 Å². The summed E-state index contributed by atoms with van der Waals surface area (Å²) in [6.07, 6.45) is 9.59. The van der Waals surface area contributed by atoms with Crippen LogP contribution in [0.4, 0.5) is 11.6 Å². The van der Waals surface area contributed by atoms with Crippen LogP contribution in [0.15, 0.2) is 18.5 Å². The molecule has 0 radical (unpaired) electrons. The summed E-state index contributed by atoms with van der Waals surface area (Å²) < 4.78 is 6.07. The zero-order valence-corrected chi connectivity index (χ0v) is 14.8. The highest BCUT2D eigenvalue weighted by atomic mass is 16.5. The lowest BCUT2D eigenvalue weighted by molar-refractivity contribution is 0.0886. The van der Waals surface area contributed by atoms with E-state index in [-0.39, 0.29) is 6.10 Å². The summed E-state index contributed by atoms with van der Waals surface area (Å²) >= 11 is 0. The van der Waals surface area contributed by atoms with Gasteiger partial charge in [0.15, 0.2) is 5.82 Å². The predicted molar refractivity (Wildman–Crippen MR) is 96.2 cm³/mol. The van der Waals surface area contributed by atoms with Crippen molar-refractivity contribution in [3.63, 3.8) is 0 Å². The number of aromatic amines is 1. The highest BCUT2D eigenvalue weighted by Crippen LogP contribution is 2.28. The lowest BCUT2D eigenvalue weighted by Gasteiger charge is -2.39. The molecule has 0 saturated carbocycles. The maximum Gasteiger partial charge on any atom is 0.232 e. The summed E-state index contributed by atoms with van der Waals surface area (Å²) in [5, 5.41) is 14.1. The van der Waals surface area contributed by atoms with Gasteiger partial charge in [0.2, 0.25) is 5.88 Å². The molecule has 4 rings (SSSR count). The number of rotatable bonds is 5. The maximum atomic E-state index is 6.07. The van der Waals surface area contributed by atoms with Crippen LogP contribution in [0.2, 0.25) is 0 Å². The van der Waals surface area contributed by atoms with Crippen LogP contribution in [0.5, 0.6) is 5.88 Å². The number of piperidine rings is 2. The normalized spacial score (nSPS) is 25.8. The first kappa shape index (κ1) is 16.3. The molecule has 2 aliphatic heterocycles. The second kappa shape index (κ2) is 7.00. The largest absolute Gasteiger partial charge is 0.473 e. The van der Waals surface area contributed by atoms with Gasteiger partial charge in [-0.15, -0.1) is 0 Å². The van der Waals surface area contributed by atoms with Gasteiger partial charge in [0, 0.05) is 23.8 Å². The Labute approximate surface area is 148 Å². The quantitative estimate of drug-likeness (QED) is 0.774. The van der Waals surface area contributed by atoms with Crippen LogP contribution in [0, 0.1) is 0 Å². The highest BCUT2D eigenvalue weighted by Gasteiger charge is 2.32. The fraction of sp³-hybridized carbons (Fsp3) is 0.611. The van der Waals surface area contributed by atoms with E-state index in [1.165, 1.54) is 19.3 Å². The molecule has 0 aliphatic carbocycles. The molecule has 2 unspecified atom stereocenters. The number of aromatic nitrogens is 4. The van der Waals surface area contributed by atoms with E-state index >= 15 is 0 Å². The van der Waals surface area contributed by atoms with E-state index in [2.05, 4.69) is 44.6 Å². The minimum atomic E-state index is 0.240. The molecule has 2 bridgehead atoms. The summed E-state index contributed by atoms with van der Waals surface area (Å²) in [7, 11) is 0. The van der Waals surface area contributed by atoms with Crippen LogP contribution >= 0.6 is 0 Å². The first-order valence-electron chi connectivity index (χ1n) is 9.23. The van der Waals surface area contributed by atoms with Crippen molar-refractivity contribution in [2.45, 2.75) is 70.1 Å². The maximum absolute atomic E-state index is 6.07. The standard InChI is InChI=1S/C18H26N6O/c1-11(2)15-8-16(24-23-15)22-17-9-20-18(10-19-17)25-14-6-12-4-3-5-13(7-14)21-12/h8-14,21H,3-7H2,1-2H3,(H2,19,22,23,24). The highest BCUT2D eigenvalue weighted by molar-refractivity contribution is 5.50. The Morgan fingerprint density at radius 2 is 1.92 bits per heavy atom. The third kappa shape index (κ3) is 3.92. The number of nitrogens with zero attached hydrogens (tertiary/aromatic N) is 3. The van der Waals surface area contributed by atoms with Crippen LogP contribution in [-0.4, -0.2) is 38.4 Å². The van der Waals surface area contributed by atoms with Gasteiger partial charge in [-0.3, -0.25) is 5.10 Å². The molecular weight excluding hydrogens is 316 g/mol. The lowest BCUT2D eigenvalue weighted by Crippen LogP contribution is -2.51. The Morgan fingerprint density at radius 3 is 2.56 bits per heavy atom. The number of fused-ring (bicyclic) bond motifs is 2. The predicted octanol–water partition coefficient (Wildman–Crippen LogP) is 3.12. The van der Waals surface area contributed by atoms with E-state index in [1.54, 1.807) is 12.4 Å².